The van der Waals surface area contributed by atoms with E-state index in [0.717, 1.165) is 0 Å². The largest absolute Gasteiger partial charge is 0.294 e. The van der Waals surface area contributed by atoms with E-state index in [1.54, 1.807) is 54.6 Å². The summed E-state index contributed by atoms with van der Waals surface area (Å²) >= 11 is 5.76. The van der Waals surface area contributed by atoms with Gasteiger partial charge in [-0.05, 0) is 24.3 Å². The van der Waals surface area contributed by atoms with Crippen LogP contribution in [0.1, 0.15) is 27.1 Å². The number of hydrogen-bond donors (Lipinski definition) is 0. The van der Waals surface area contributed by atoms with Gasteiger partial charge in [0.05, 0.1) is 6.07 Å². The Balaban J connectivity index is 2.13. The standard InChI is InChI=1S/C17H12ClNO2/c18-15-8-6-13(7-9-15)17(21)14(11-19)10-16(20)12-4-2-1-3-5-12/h1-9,14H,10H2. The van der Waals surface area contributed by atoms with Crippen LogP contribution in [0.2, 0.25) is 5.02 Å². The van der Waals surface area contributed by atoms with E-state index in [9.17, 15) is 9.59 Å². The number of hydrogen-bond acceptors (Lipinski definition) is 3. The molecule has 0 aliphatic heterocycles. The average Bonchev–Trinajstić information content (AvgIpc) is 2.53. The van der Waals surface area contributed by atoms with E-state index in [4.69, 9.17) is 16.9 Å². The minimum atomic E-state index is -0.987. The summed E-state index contributed by atoms with van der Waals surface area (Å²) in [6, 6.07) is 16.8. The molecule has 4 heteroatoms. The lowest BCUT2D eigenvalue weighted by Gasteiger charge is -2.08. The van der Waals surface area contributed by atoms with Crippen molar-refractivity contribution < 1.29 is 9.59 Å². The zero-order valence-corrected chi connectivity index (χ0v) is 11.9. The topological polar surface area (TPSA) is 57.9 Å². The molecular weight excluding hydrogens is 286 g/mol. The van der Waals surface area contributed by atoms with Crippen molar-refractivity contribution in [3.63, 3.8) is 0 Å². The van der Waals surface area contributed by atoms with Gasteiger partial charge in [0.1, 0.15) is 5.92 Å². The summed E-state index contributed by atoms with van der Waals surface area (Å²) in [6.45, 7) is 0. The van der Waals surface area contributed by atoms with Crippen molar-refractivity contribution in [3.8, 4) is 6.07 Å². The Labute approximate surface area is 127 Å². The van der Waals surface area contributed by atoms with Crippen LogP contribution in [-0.4, -0.2) is 11.6 Å². The summed E-state index contributed by atoms with van der Waals surface area (Å²) in [7, 11) is 0. The second kappa shape index (κ2) is 6.83. The van der Waals surface area contributed by atoms with Crippen LogP contribution in [0.4, 0.5) is 0 Å². The van der Waals surface area contributed by atoms with Gasteiger partial charge in [0.15, 0.2) is 11.6 Å². The van der Waals surface area contributed by atoms with Gasteiger partial charge in [0.2, 0.25) is 0 Å². The molecule has 0 aliphatic rings. The molecule has 0 N–H and O–H groups in total. The first-order valence-corrected chi connectivity index (χ1v) is 6.77. The number of nitriles is 1. The summed E-state index contributed by atoms with van der Waals surface area (Å²) in [5.74, 6) is -1.57. The molecule has 0 saturated heterocycles. The normalized spacial score (nSPS) is 11.4. The summed E-state index contributed by atoms with van der Waals surface area (Å²) in [4.78, 5) is 24.3. The van der Waals surface area contributed by atoms with Gasteiger partial charge in [-0.2, -0.15) is 5.26 Å². The Morgan fingerprint density at radius 2 is 1.62 bits per heavy atom. The third-order valence-corrected chi connectivity index (χ3v) is 3.34. The maximum atomic E-state index is 12.2. The van der Waals surface area contributed by atoms with Gasteiger partial charge in [-0.3, -0.25) is 9.59 Å². The number of benzene rings is 2. The second-order valence-corrected chi connectivity index (χ2v) is 4.98. The van der Waals surface area contributed by atoms with E-state index in [1.807, 2.05) is 6.07 Å². The van der Waals surface area contributed by atoms with Crippen LogP contribution in [0.25, 0.3) is 0 Å². The summed E-state index contributed by atoms with van der Waals surface area (Å²) < 4.78 is 0. The molecule has 104 valence electrons. The fraction of sp³-hybridized carbons (Fsp3) is 0.118. The molecule has 1 unspecified atom stereocenters. The maximum Gasteiger partial charge on any atom is 0.180 e. The third kappa shape index (κ3) is 3.77. The van der Waals surface area contributed by atoms with Crippen molar-refractivity contribution in [1.29, 1.82) is 5.26 Å². The molecule has 3 nitrogen and oxygen atoms in total. The lowest BCUT2D eigenvalue weighted by atomic mass is 9.92. The van der Waals surface area contributed by atoms with Crippen molar-refractivity contribution in [3.05, 3.63) is 70.7 Å². The Kier molecular flexibility index (Phi) is 4.86. The highest BCUT2D eigenvalue weighted by molar-refractivity contribution is 6.30. The predicted molar refractivity (Wildman–Crippen MR) is 80.3 cm³/mol. The quantitative estimate of drug-likeness (QED) is 0.786. The molecule has 0 fully saturated rings. The summed E-state index contributed by atoms with van der Waals surface area (Å²) in [5.41, 5.74) is 0.883. The second-order valence-electron chi connectivity index (χ2n) is 4.55. The number of carbonyl (C=O) groups excluding carboxylic acids is 2. The lowest BCUT2D eigenvalue weighted by Crippen LogP contribution is -2.17. The van der Waals surface area contributed by atoms with Gasteiger partial charge in [-0.15, -0.1) is 0 Å². The summed E-state index contributed by atoms with van der Waals surface area (Å²) in [5, 5.41) is 9.67. The smallest absolute Gasteiger partial charge is 0.180 e. The highest BCUT2D eigenvalue weighted by atomic mass is 35.5. The average molecular weight is 298 g/mol. The van der Waals surface area contributed by atoms with Gasteiger partial charge < -0.3 is 0 Å². The molecule has 0 bridgehead atoms. The Morgan fingerprint density at radius 1 is 1.00 bits per heavy atom. The molecule has 0 aromatic heterocycles. The van der Waals surface area contributed by atoms with E-state index in [-0.39, 0.29) is 18.0 Å². The van der Waals surface area contributed by atoms with Crippen LogP contribution in [0.5, 0.6) is 0 Å². The molecule has 21 heavy (non-hydrogen) atoms. The minimum Gasteiger partial charge on any atom is -0.294 e. The van der Waals surface area contributed by atoms with Crippen molar-refractivity contribution >= 4 is 23.2 Å². The van der Waals surface area contributed by atoms with Gasteiger partial charge in [0, 0.05) is 22.6 Å². The molecule has 0 spiro atoms. The zero-order chi connectivity index (χ0) is 15.2. The van der Waals surface area contributed by atoms with E-state index >= 15 is 0 Å². The zero-order valence-electron chi connectivity index (χ0n) is 11.1. The molecule has 0 heterocycles. The highest BCUT2D eigenvalue weighted by Gasteiger charge is 2.23. The molecule has 0 aliphatic carbocycles. The van der Waals surface area contributed by atoms with Gasteiger partial charge in [-0.1, -0.05) is 41.9 Å². The van der Waals surface area contributed by atoms with Crippen LogP contribution in [0.15, 0.2) is 54.6 Å². The van der Waals surface area contributed by atoms with Crippen LogP contribution in [0.3, 0.4) is 0 Å². The number of carbonyl (C=O) groups is 2. The number of nitrogens with zero attached hydrogens (tertiary/aromatic N) is 1. The van der Waals surface area contributed by atoms with Crippen LogP contribution >= 0.6 is 11.6 Å². The van der Waals surface area contributed by atoms with Crippen molar-refractivity contribution in [2.75, 3.05) is 0 Å². The summed E-state index contributed by atoms with van der Waals surface area (Å²) in [6.07, 6.45) is -0.123. The van der Waals surface area contributed by atoms with E-state index < -0.39 is 5.92 Å². The fourth-order valence-corrected chi connectivity index (χ4v) is 2.07. The van der Waals surface area contributed by atoms with Crippen molar-refractivity contribution in [2.45, 2.75) is 6.42 Å². The Hall–Kier alpha value is -2.44. The minimum absolute atomic E-state index is 0.123. The molecule has 2 aromatic rings. The SMILES string of the molecule is N#CC(CC(=O)c1ccccc1)C(=O)c1ccc(Cl)cc1. The molecule has 1 atom stereocenters. The van der Waals surface area contributed by atoms with Gasteiger partial charge in [0.25, 0.3) is 0 Å². The first kappa shape index (κ1) is 15.0. The molecule has 2 aromatic carbocycles. The number of ketones is 2. The number of halogens is 1. The first-order chi connectivity index (χ1) is 10.1. The van der Waals surface area contributed by atoms with E-state index in [2.05, 4.69) is 0 Å². The Bertz CT molecular complexity index is 687. The first-order valence-electron chi connectivity index (χ1n) is 6.39. The van der Waals surface area contributed by atoms with E-state index in [1.165, 1.54) is 0 Å². The van der Waals surface area contributed by atoms with Crippen LogP contribution < -0.4 is 0 Å². The van der Waals surface area contributed by atoms with Gasteiger partial charge in [-0.25, -0.2) is 0 Å². The molecule has 0 amide bonds. The van der Waals surface area contributed by atoms with Crippen molar-refractivity contribution in [1.82, 2.24) is 0 Å². The third-order valence-electron chi connectivity index (χ3n) is 3.09. The molecular formula is C17H12ClNO2. The molecule has 0 saturated carbocycles. The monoisotopic (exact) mass is 297 g/mol. The van der Waals surface area contributed by atoms with Crippen LogP contribution in [-0.2, 0) is 0 Å². The van der Waals surface area contributed by atoms with Crippen molar-refractivity contribution in [2.24, 2.45) is 5.92 Å². The lowest BCUT2D eigenvalue weighted by molar-refractivity contribution is 0.0882. The van der Waals surface area contributed by atoms with E-state index in [0.29, 0.717) is 16.1 Å². The highest BCUT2D eigenvalue weighted by Crippen LogP contribution is 2.17. The number of Topliss-reactive ketones (excluding diaryl/α,β-unsaturated/α-hetero) is 2. The fourth-order valence-electron chi connectivity index (χ4n) is 1.94. The molecule has 0 radical (unpaired) electrons. The van der Waals surface area contributed by atoms with Crippen LogP contribution in [0, 0.1) is 17.2 Å². The Morgan fingerprint density at radius 3 is 2.19 bits per heavy atom. The maximum absolute atomic E-state index is 12.2. The van der Waals surface area contributed by atoms with Gasteiger partial charge >= 0.3 is 0 Å². The number of rotatable bonds is 5. The predicted octanol–water partition coefficient (Wildman–Crippen LogP) is 3.94. The molecule has 2 rings (SSSR count).